The van der Waals surface area contributed by atoms with Crippen molar-refractivity contribution in [3.05, 3.63) is 47.3 Å². The summed E-state index contributed by atoms with van der Waals surface area (Å²) >= 11 is 2.55. The molecule has 13 heteroatoms. The zero-order valence-electron chi connectivity index (χ0n) is 20.5. The van der Waals surface area contributed by atoms with Gasteiger partial charge in [-0.25, -0.2) is 4.79 Å². The highest BCUT2D eigenvalue weighted by molar-refractivity contribution is 8.00. The number of anilines is 1. The monoisotopic (exact) mass is 549 g/mol. The fraction of sp³-hybridized carbons (Fsp3) is 0.417. The maximum absolute atomic E-state index is 13.6. The molecule has 3 heterocycles. The molecule has 4 rings (SSSR count). The summed E-state index contributed by atoms with van der Waals surface area (Å²) in [5.74, 6) is -0.679. The number of thiophene rings is 1. The molecule has 2 fully saturated rings. The van der Waals surface area contributed by atoms with Gasteiger partial charge >= 0.3 is 12.1 Å². The Morgan fingerprint density at radius 3 is 2.46 bits per heavy atom. The van der Waals surface area contributed by atoms with Crippen LogP contribution in [0.1, 0.15) is 12.5 Å². The van der Waals surface area contributed by atoms with Crippen LogP contribution in [-0.2, 0) is 35.2 Å². The van der Waals surface area contributed by atoms with Gasteiger partial charge in [-0.2, -0.15) is 0 Å². The first-order valence-electron chi connectivity index (χ1n) is 11.2. The topological polar surface area (TPSA) is 138 Å². The van der Waals surface area contributed by atoms with E-state index in [0.717, 1.165) is 5.56 Å². The Labute approximate surface area is 221 Å². The minimum Gasteiger partial charge on any atom is -0.497 e. The second kappa shape index (κ2) is 10.6. The number of rotatable bonds is 9. The highest BCUT2D eigenvalue weighted by atomic mass is 32.2. The van der Waals surface area contributed by atoms with Crippen LogP contribution in [0.3, 0.4) is 0 Å². The Hall–Kier alpha value is -3.29. The number of carbonyl (C=O) groups excluding carboxylic acids is 4. The first-order chi connectivity index (χ1) is 17.7. The third-order valence-electron chi connectivity index (χ3n) is 6.31. The molecule has 11 nitrogen and oxygen atoms in total. The van der Waals surface area contributed by atoms with Crippen LogP contribution in [0.25, 0.3) is 0 Å². The third-order valence-corrected chi connectivity index (χ3v) is 8.78. The molecule has 3 atom stereocenters. The molecule has 2 unspecified atom stereocenters. The second-order valence-electron chi connectivity index (χ2n) is 8.61. The van der Waals surface area contributed by atoms with Gasteiger partial charge < -0.3 is 29.6 Å². The van der Waals surface area contributed by atoms with Crippen molar-refractivity contribution in [1.82, 2.24) is 4.90 Å². The summed E-state index contributed by atoms with van der Waals surface area (Å²) in [6.07, 6.45) is -1.05. The summed E-state index contributed by atoms with van der Waals surface area (Å²) in [5.41, 5.74) is 2.99. The molecule has 0 radical (unpaired) electrons. The summed E-state index contributed by atoms with van der Waals surface area (Å²) in [6.45, 7) is 0.876. The van der Waals surface area contributed by atoms with Gasteiger partial charge in [-0.15, -0.1) is 23.1 Å². The van der Waals surface area contributed by atoms with Crippen molar-refractivity contribution < 1.29 is 38.1 Å². The van der Waals surface area contributed by atoms with Gasteiger partial charge in [0.1, 0.15) is 34.8 Å². The molecule has 2 N–H and O–H groups in total. The molecule has 0 aliphatic carbocycles. The largest absolute Gasteiger partial charge is 0.497 e. The molecule has 0 spiro atoms. The highest BCUT2D eigenvalue weighted by Crippen LogP contribution is 2.52. The Morgan fingerprint density at radius 1 is 1.16 bits per heavy atom. The van der Waals surface area contributed by atoms with Gasteiger partial charge in [0.15, 0.2) is 0 Å². The summed E-state index contributed by atoms with van der Waals surface area (Å²) in [4.78, 5) is 53.8. The zero-order valence-corrected chi connectivity index (χ0v) is 22.1. The van der Waals surface area contributed by atoms with E-state index < -0.39 is 34.5 Å². The Balaban J connectivity index is 1.56. The minimum atomic E-state index is -1.56. The zero-order chi connectivity index (χ0) is 26.8. The van der Waals surface area contributed by atoms with E-state index in [9.17, 15) is 19.2 Å². The van der Waals surface area contributed by atoms with Gasteiger partial charge in [0.25, 0.3) is 11.6 Å². The van der Waals surface area contributed by atoms with Crippen LogP contribution in [0.4, 0.5) is 9.80 Å². The van der Waals surface area contributed by atoms with Gasteiger partial charge in [-0.3, -0.25) is 19.3 Å². The number of fused-ring (bicyclic) bond motifs is 1. The first-order valence-corrected chi connectivity index (χ1v) is 13.2. The van der Waals surface area contributed by atoms with Crippen LogP contribution in [0.15, 0.2) is 41.8 Å². The molecule has 3 amide bonds. The number of amides is 3. The Bertz CT molecular complexity index is 1180. The van der Waals surface area contributed by atoms with E-state index >= 15 is 0 Å². The molecule has 2 saturated heterocycles. The van der Waals surface area contributed by atoms with E-state index in [2.05, 4.69) is 0 Å². The fourth-order valence-corrected chi connectivity index (χ4v) is 6.94. The number of thioether (sulfide) groups is 1. The molecule has 2 aromatic rings. The van der Waals surface area contributed by atoms with Crippen molar-refractivity contribution in [3.8, 4) is 5.75 Å². The standard InChI is InChI=1S/C24H27N3O8S2/c1-15(28)27(18-5-4-10-36-18)24(33-3)19(29)26-12-23(13-35-22(25)31,14-37-20(24)26)21(30)34-11-16-6-8-17(32-2)9-7-16/h4-10,20H,11-14H2,1-3H3,(H2,25,31)/t20-,23?,24?/m1/s1. The maximum Gasteiger partial charge on any atom is 0.404 e. The van der Waals surface area contributed by atoms with Crippen LogP contribution in [-0.4, -0.2) is 73.0 Å². The first kappa shape index (κ1) is 26.8. The predicted octanol–water partition coefficient (Wildman–Crippen LogP) is 2.19. The third kappa shape index (κ3) is 4.74. The second-order valence-corrected chi connectivity index (χ2v) is 10.6. The van der Waals surface area contributed by atoms with E-state index in [4.69, 9.17) is 24.7 Å². The van der Waals surface area contributed by atoms with Crippen molar-refractivity contribution in [2.75, 3.05) is 38.0 Å². The lowest BCUT2D eigenvalue weighted by atomic mass is 9.86. The van der Waals surface area contributed by atoms with E-state index in [1.54, 1.807) is 48.9 Å². The molecule has 0 saturated carbocycles. The number of nitrogens with two attached hydrogens (primary N) is 1. The van der Waals surface area contributed by atoms with Crippen LogP contribution >= 0.6 is 23.1 Å². The molecule has 198 valence electrons. The fourth-order valence-electron chi connectivity index (χ4n) is 4.47. The Morgan fingerprint density at radius 2 is 1.89 bits per heavy atom. The summed E-state index contributed by atoms with van der Waals surface area (Å²) in [6, 6.07) is 10.5. The predicted molar refractivity (Wildman–Crippen MR) is 136 cm³/mol. The number of ether oxygens (including phenoxy) is 4. The number of hydrogen-bond donors (Lipinski definition) is 1. The highest BCUT2D eigenvalue weighted by Gasteiger charge is 2.70. The molecule has 0 bridgehead atoms. The molecular formula is C24H27N3O8S2. The van der Waals surface area contributed by atoms with Crippen molar-refractivity contribution in [3.63, 3.8) is 0 Å². The number of methoxy groups -OCH3 is 2. The van der Waals surface area contributed by atoms with Crippen LogP contribution < -0.4 is 15.4 Å². The van der Waals surface area contributed by atoms with Crippen molar-refractivity contribution in [2.45, 2.75) is 24.6 Å². The van der Waals surface area contributed by atoms with Gasteiger partial charge in [0.2, 0.25) is 5.91 Å². The van der Waals surface area contributed by atoms with Crippen LogP contribution in [0.2, 0.25) is 0 Å². The van der Waals surface area contributed by atoms with Crippen molar-refractivity contribution in [2.24, 2.45) is 11.1 Å². The number of β-lactam (4-membered cyclic amide) rings is 1. The normalized spacial score (nSPS) is 24.5. The number of primary amides is 1. The lowest BCUT2D eigenvalue weighted by Crippen LogP contribution is -2.83. The SMILES string of the molecule is COc1ccc(COC(=O)C2(COC(N)=O)CS[C@H]3N(C2)C(=O)C3(OC)N(C(C)=O)c2cccs2)cc1. The molecular weight excluding hydrogens is 522 g/mol. The number of benzene rings is 1. The van der Waals surface area contributed by atoms with Gasteiger partial charge in [0.05, 0.1) is 7.11 Å². The Kier molecular flexibility index (Phi) is 7.67. The average molecular weight is 550 g/mol. The lowest BCUT2D eigenvalue weighted by molar-refractivity contribution is -0.195. The van der Waals surface area contributed by atoms with E-state index in [0.29, 0.717) is 10.8 Å². The lowest BCUT2D eigenvalue weighted by Gasteiger charge is -2.61. The van der Waals surface area contributed by atoms with Crippen molar-refractivity contribution in [1.29, 1.82) is 0 Å². The summed E-state index contributed by atoms with van der Waals surface area (Å²) in [7, 11) is 2.93. The number of esters is 1. The van der Waals surface area contributed by atoms with Crippen LogP contribution in [0, 0.1) is 5.41 Å². The van der Waals surface area contributed by atoms with Gasteiger partial charge in [-0.1, -0.05) is 12.1 Å². The number of nitrogens with zero attached hydrogens (tertiary/aromatic N) is 2. The smallest absolute Gasteiger partial charge is 0.404 e. The van der Waals surface area contributed by atoms with Crippen LogP contribution in [0.5, 0.6) is 5.75 Å². The maximum atomic E-state index is 13.6. The summed E-state index contributed by atoms with van der Waals surface area (Å²) in [5, 5.41) is 1.78. The number of carbonyl (C=O) groups is 4. The molecule has 1 aromatic carbocycles. The van der Waals surface area contributed by atoms with E-state index in [-0.39, 0.29) is 31.4 Å². The average Bonchev–Trinajstić information content (AvgIpc) is 3.42. The van der Waals surface area contributed by atoms with Crippen molar-refractivity contribution >= 4 is 52.0 Å². The van der Waals surface area contributed by atoms with Gasteiger partial charge in [-0.05, 0) is 35.2 Å². The van der Waals surface area contributed by atoms with E-state index in [1.807, 2.05) is 0 Å². The number of hydrogen-bond acceptors (Lipinski definition) is 10. The molecule has 37 heavy (non-hydrogen) atoms. The molecule has 2 aliphatic rings. The van der Waals surface area contributed by atoms with Gasteiger partial charge in [0, 0.05) is 26.3 Å². The van der Waals surface area contributed by atoms with E-state index in [1.165, 1.54) is 46.9 Å². The quantitative estimate of drug-likeness (QED) is 0.283. The summed E-state index contributed by atoms with van der Waals surface area (Å²) < 4.78 is 21.5. The molecule has 1 aromatic heterocycles. The molecule has 2 aliphatic heterocycles. The minimum absolute atomic E-state index is 0.0261.